The van der Waals surface area contributed by atoms with Crippen LogP contribution in [-0.2, 0) is 17.6 Å². The minimum absolute atomic E-state index is 0.117. The lowest BCUT2D eigenvalue weighted by Crippen LogP contribution is -2.10. The lowest BCUT2D eigenvalue weighted by atomic mass is 10.2. The van der Waals surface area contributed by atoms with Crippen molar-refractivity contribution in [2.45, 2.75) is 19.3 Å². The first-order valence-corrected chi connectivity index (χ1v) is 4.73. The van der Waals surface area contributed by atoms with E-state index in [4.69, 9.17) is 11.6 Å². The van der Waals surface area contributed by atoms with Crippen molar-refractivity contribution in [3.05, 3.63) is 22.2 Å². The molecule has 0 aliphatic heterocycles. The largest absolute Gasteiger partial charge is 0.464 e. The lowest BCUT2D eigenvalue weighted by molar-refractivity contribution is 0.0592. The Morgan fingerprint density at radius 3 is 2.93 bits per heavy atom. The molecule has 0 N–H and O–H groups in total. The minimum atomic E-state index is -0.438. The standard InChI is InChI=1S/C9H9ClN2O2/c1-14-8(13)7-5-3-2-4-6(5)11-9(10)12-7/h2-4H2,1H3. The Labute approximate surface area is 86.3 Å². The molecule has 5 heteroatoms. The van der Waals surface area contributed by atoms with Crippen LogP contribution >= 0.6 is 11.6 Å². The van der Waals surface area contributed by atoms with Gasteiger partial charge in [0.1, 0.15) is 0 Å². The Bertz CT molecular complexity index is 393. The highest BCUT2D eigenvalue weighted by molar-refractivity contribution is 6.28. The van der Waals surface area contributed by atoms with Gasteiger partial charge >= 0.3 is 5.97 Å². The molecule has 0 atom stereocenters. The Morgan fingerprint density at radius 1 is 1.43 bits per heavy atom. The zero-order chi connectivity index (χ0) is 10.1. The molecule has 4 nitrogen and oxygen atoms in total. The molecule has 1 aliphatic carbocycles. The molecule has 0 unspecified atom stereocenters. The number of aryl methyl sites for hydroxylation is 1. The van der Waals surface area contributed by atoms with E-state index in [1.807, 2.05) is 0 Å². The first kappa shape index (κ1) is 9.40. The molecule has 0 saturated carbocycles. The molecule has 1 aliphatic rings. The van der Waals surface area contributed by atoms with Gasteiger partial charge in [-0.25, -0.2) is 14.8 Å². The normalized spacial score (nSPS) is 13.9. The molecule has 1 aromatic rings. The maximum atomic E-state index is 11.4. The van der Waals surface area contributed by atoms with E-state index in [-0.39, 0.29) is 5.28 Å². The molecule has 0 spiro atoms. The summed E-state index contributed by atoms with van der Waals surface area (Å²) >= 11 is 5.70. The van der Waals surface area contributed by atoms with E-state index in [1.165, 1.54) is 7.11 Å². The van der Waals surface area contributed by atoms with E-state index in [2.05, 4.69) is 14.7 Å². The van der Waals surface area contributed by atoms with Crippen LogP contribution in [0.2, 0.25) is 5.28 Å². The molecule has 0 bridgehead atoms. The van der Waals surface area contributed by atoms with Gasteiger partial charge in [-0.1, -0.05) is 0 Å². The van der Waals surface area contributed by atoms with Crippen LogP contribution in [0, 0.1) is 0 Å². The fraction of sp³-hybridized carbons (Fsp3) is 0.444. The molecule has 1 heterocycles. The molecular formula is C9H9ClN2O2. The highest BCUT2D eigenvalue weighted by atomic mass is 35.5. The van der Waals surface area contributed by atoms with Gasteiger partial charge < -0.3 is 4.74 Å². The molecule has 0 radical (unpaired) electrons. The number of halogens is 1. The average molecular weight is 213 g/mol. The van der Waals surface area contributed by atoms with Crippen LogP contribution in [0.4, 0.5) is 0 Å². The first-order valence-electron chi connectivity index (χ1n) is 4.36. The first-order chi connectivity index (χ1) is 6.72. The zero-order valence-electron chi connectivity index (χ0n) is 7.71. The zero-order valence-corrected chi connectivity index (χ0v) is 8.47. The number of esters is 1. The number of hydrogen-bond acceptors (Lipinski definition) is 4. The van der Waals surface area contributed by atoms with Crippen molar-refractivity contribution in [2.75, 3.05) is 7.11 Å². The molecule has 0 saturated heterocycles. The number of ether oxygens (including phenoxy) is 1. The van der Waals surface area contributed by atoms with Crippen molar-refractivity contribution in [1.29, 1.82) is 0 Å². The van der Waals surface area contributed by atoms with Gasteiger partial charge in [0.05, 0.1) is 7.11 Å². The lowest BCUT2D eigenvalue weighted by Gasteiger charge is -2.04. The maximum Gasteiger partial charge on any atom is 0.357 e. The van der Waals surface area contributed by atoms with E-state index in [0.717, 1.165) is 30.5 Å². The summed E-state index contributed by atoms with van der Waals surface area (Å²) in [6.45, 7) is 0. The van der Waals surface area contributed by atoms with Crippen molar-refractivity contribution in [3.63, 3.8) is 0 Å². The predicted octanol–water partition coefficient (Wildman–Crippen LogP) is 1.41. The molecule has 0 amide bonds. The summed E-state index contributed by atoms with van der Waals surface area (Å²) in [6.07, 6.45) is 2.69. The van der Waals surface area contributed by atoms with Gasteiger partial charge in [0.2, 0.25) is 5.28 Å². The second-order valence-corrected chi connectivity index (χ2v) is 3.45. The van der Waals surface area contributed by atoms with E-state index >= 15 is 0 Å². The van der Waals surface area contributed by atoms with Crippen molar-refractivity contribution in [2.24, 2.45) is 0 Å². The molecule has 74 valence electrons. The number of nitrogens with zero attached hydrogens (tertiary/aromatic N) is 2. The van der Waals surface area contributed by atoms with Gasteiger partial charge in [0.25, 0.3) is 0 Å². The third kappa shape index (κ3) is 1.46. The van der Waals surface area contributed by atoms with Gasteiger partial charge in [-0.15, -0.1) is 0 Å². The van der Waals surface area contributed by atoms with Crippen molar-refractivity contribution < 1.29 is 9.53 Å². The van der Waals surface area contributed by atoms with Crippen LogP contribution in [0.15, 0.2) is 0 Å². The fourth-order valence-electron chi connectivity index (χ4n) is 1.67. The molecule has 1 aromatic heterocycles. The van der Waals surface area contributed by atoms with Gasteiger partial charge in [0.15, 0.2) is 5.69 Å². The summed E-state index contributed by atoms with van der Waals surface area (Å²) in [4.78, 5) is 19.3. The van der Waals surface area contributed by atoms with Crippen molar-refractivity contribution in [3.8, 4) is 0 Å². The number of aromatic nitrogens is 2. The van der Waals surface area contributed by atoms with Gasteiger partial charge in [-0.3, -0.25) is 0 Å². The molecule has 2 rings (SSSR count). The van der Waals surface area contributed by atoms with Gasteiger partial charge in [0, 0.05) is 11.3 Å². The summed E-state index contributed by atoms with van der Waals surface area (Å²) in [6, 6.07) is 0. The Morgan fingerprint density at radius 2 is 2.21 bits per heavy atom. The monoisotopic (exact) mass is 212 g/mol. The Hall–Kier alpha value is -1.16. The topological polar surface area (TPSA) is 52.1 Å². The van der Waals surface area contributed by atoms with E-state index in [0.29, 0.717) is 5.69 Å². The van der Waals surface area contributed by atoms with Crippen molar-refractivity contribution >= 4 is 17.6 Å². The smallest absolute Gasteiger partial charge is 0.357 e. The van der Waals surface area contributed by atoms with Crippen molar-refractivity contribution in [1.82, 2.24) is 9.97 Å². The van der Waals surface area contributed by atoms with Gasteiger partial charge in [-0.05, 0) is 30.9 Å². The quantitative estimate of drug-likeness (QED) is 0.522. The number of methoxy groups -OCH3 is 1. The third-order valence-electron chi connectivity index (χ3n) is 2.28. The third-order valence-corrected chi connectivity index (χ3v) is 2.45. The number of fused-ring (bicyclic) bond motifs is 1. The molecular weight excluding hydrogens is 204 g/mol. The van der Waals surface area contributed by atoms with Crippen LogP contribution in [0.1, 0.15) is 28.2 Å². The fourth-order valence-corrected chi connectivity index (χ4v) is 1.85. The Balaban J connectivity index is 2.54. The second kappa shape index (κ2) is 3.53. The van der Waals surface area contributed by atoms with Crippen LogP contribution in [-0.4, -0.2) is 23.0 Å². The van der Waals surface area contributed by atoms with Crippen LogP contribution in [0.5, 0.6) is 0 Å². The predicted molar refractivity (Wildman–Crippen MR) is 50.4 cm³/mol. The highest BCUT2D eigenvalue weighted by Gasteiger charge is 2.23. The number of carbonyl (C=O) groups is 1. The van der Waals surface area contributed by atoms with Crippen LogP contribution in [0.25, 0.3) is 0 Å². The van der Waals surface area contributed by atoms with Crippen LogP contribution in [0.3, 0.4) is 0 Å². The average Bonchev–Trinajstić information content (AvgIpc) is 2.62. The maximum absolute atomic E-state index is 11.4. The van der Waals surface area contributed by atoms with Crippen LogP contribution < -0.4 is 0 Å². The summed E-state index contributed by atoms with van der Waals surface area (Å²) in [5.74, 6) is -0.438. The molecule has 0 aromatic carbocycles. The summed E-state index contributed by atoms with van der Waals surface area (Å²) in [5.41, 5.74) is 2.09. The number of rotatable bonds is 1. The summed E-state index contributed by atoms with van der Waals surface area (Å²) < 4.78 is 4.63. The molecule has 14 heavy (non-hydrogen) atoms. The summed E-state index contributed by atoms with van der Waals surface area (Å²) in [7, 11) is 1.33. The van der Waals surface area contributed by atoms with E-state index in [1.54, 1.807) is 0 Å². The second-order valence-electron chi connectivity index (χ2n) is 3.11. The number of carbonyl (C=O) groups excluding carboxylic acids is 1. The Kier molecular flexibility index (Phi) is 2.37. The van der Waals surface area contributed by atoms with E-state index in [9.17, 15) is 4.79 Å². The van der Waals surface area contributed by atoms with Gasteiger partial charge in [-0.2, -0.15) is 0 Å². The molecule has 0 fully saturated rings. The number of hydrogen-bond donors (Lipinski definition) is 0. The van der Waals surface area contributed by atoms with E-state index < -0.39 is 5.97 Å². The highest BCUT2D eigenvalue weighted by Crippen LogP contribution is 2.24. The minimum Gasteiger partial charge on any atom is -0.464 e. The SMILES string of the molecule is COC(=O)c1nc(Cl)nc2c1CCC2. The summed E-state index contributed by atoms with van der Waals surface area (Å²) in [5, 5.41) is 0.117.